The largest absolute Gasteiger partial charge is 0.347 e. The molecule has 126 valence electrons. The van der Waals surface area contributed by atoms with Crippen LogP contribution in [0.15, 0.2) is 60.9 Å². The second kappa shape index (κ2) is 7.77. The molecule has 1 amide bonds. The molecule has 0 atom stereocenters. The van der Waals surface area contributed by atoms with Crippen LogP contribution in [0.2, 0.25) is 5.02 Å². The molecule has 0 aliphatic heterocycles. The van der Waals surface area contributed by atoms with Crippen molar-refractivity contribution in [2.24, 2.45) is 0 Å². The molecule has 2 N–H and O–H groups in total. The van der Waals surface area contributed by atoms with Crippen LogP contribution in [0.5, 0.6) is 0 Å². The minimum atomic E-state index is -0.296. The molecule has 5 nitrogen and oxygen atoms in total. The van der Waals surface area contributed by atoms with Crippen LogP contribution in [0, 0.1) is 6.92 Å². The average molecular weight is 353 g/mol. The number of hydrogen-bond donors (Lipinski definition) is 2. The van der Waals surface area contributed by atoms with Gasteiger partial charge in [-0.1, -0.05) is 48.0 Å². The molecule has 2 aromatic carbocycles. The van der Waals surface area contributed by atoms with Gasteiger partial charge in [0.1, 0.15) is 11.5 Å². The predicted molar refractivity (Wildman–Crippen MR) is 99.1 cm³/mol. The smallest absolute Gasteiger partial charge is 0.271 e. The van der Waals surface area contributed by atoms with E-state index in [2.05, 4.69) is 20.6 Å². The number of halogens is 1. The molecule has 3 aromatic rings. The predicted octanol–water partition coefficient (Wildman–Crippen LogP) is 4.11. The Bertz CT molecular complexity index is 881. The van der Waals surface area contributed by atoms with Crippen LogP contribution in [0.25, 0.3) is 0 Å². The van der Waals surface area contributed by atoms with Crippen LogP contribution in [0.4, 0.5) is 11.5 Å². The first-order valence-corrected chi connectivity index (χ1v) is 8.17. The zero-order chi connectivity index (χ0) is 17.6. The summed E-state index contributed by atoms with van der Waals surface area (Å²) in [6.45, 7) is 2.34. The first kappa shape index (κ1) is 16.9. The molecule has 0 aliphatic rings. The van der Waals surface area contributed by atoms with Crippen molar-refractivity contribution in [2.75, 3.05) is 5.32 Å². The van der Waals surface area contributed by atoms with Crippen LogP contribution in [-0.4, -0.2) is 15.9 Å². The third-order valence-corrected chi connectivity index (χ3v) is 4.06. The SMILES string of the molecule is Cc1ccccc1Nc1cnc(C(=O)NCc2ccccc2Cl)cn1. The second-order valence-corrected chi connectivity index (χ2v) is 5.91. The van der Waals surface area contributed by atoms with Crippen molar-refractivity contribution in [1.82, 2.24) is 15.3 Å². The summed E-state index contributed by atoms with van der Waals surface area (Å²) < 4.78 is 0. The second-order valence-electron chi connectivity index (χ2n) is 5.50. The van der Waals surface area contributed by atoms with E-state index < -0.39 is 0 Å². The molecule has 0 saturated heterocycles. The fourth-order valence-electron chi connectivity index (χ4n) is 2.27. The minimum absolute atomic E-state index is 0.252. The van der Waals surface area contributed by atoms with E-state index in [4.69, 9.17) is 11.6 Å². The molecule has 0 saturated carbocycles. The number of amides is 1. The van der Waals surface area contributed by atoms with Crippen molar-refractivity contribution >= 4 is 29.0 Å². The van der Waals surface area contributed by atoms with Gasteiger partial charge >= 0.3 is 0 Å². The lowest BCUT2D eigenvalue weighted by molar-refractivity contribution is 0.0945. The molecule has 0 spiro atoms. The number of aryl methyl sites for hydroxylation is 1. The van der Waals surface area contributed by atoms with E-state index in [1.54, 1.807) is 6.07 Å². The van der Waals surface area contributed by atoms with Crippen molar-refractivity contribution in [2.45, 2.75) is 13.5 Å². The number of rotatable bonds is 5. The molecular weight excluding hydrogens is 336 g/mol. The van der Waals surface area contributed by atoms with E-state index in [1.165, 1.54) is 12.4 Å². The maximum Gasteiger partial charge on any atom is 0.271 e. The molecule has 1 aromatic heterocycles. The van der Waals surface area contributed by atoms with Crippen molar-refractivity contribution in [3.8, 4) is 0 Å². The fraction of sp³-hybridized carbons (Fsp3) is 0.105. The van der Waals surface area contributed by atoms with Crippen LogP contribution in [0.1, 0.15) is 21.6 Å². The highest BCUT2D eigenvalue weighted by Gasteiger charge is 2.09. The van der Waals surface area contributed by atoms with Crippen LogP contribution < -0.4 is 10.6 Å². The Labute approximate surface area is 151 Å². The Balaban J connectivity index is 1.63. The molecule has 0 radical (unpaired) electrons. The normalized spacial score (nSPS) is 10.3. The van der Waals surface area contributed by atoms with E-state index in [0.29, 0.717) is 17.4 Å². The van der Waals surface area contributed by atoms with Gasteiger partial charge in [-0.25, -0.2) is 9.97 Å². The summed E-state index contributed by atoms with van der Waals surface area (Å²) in [5, 5.41) is 6.59. The van der Waals surface area contributed by atoms with Gasteiger partial charge in [0, 0.05) is 17.3 Å². The van der Waals surface area contributed by atoms with E-state index in [9.17, 15) is 4.79 Å². The van der Waals surface area contributed by atoms with E-state index in [0.717, 1.165) is 16.8 Å². The highest BCUT2D eigenvalue weighted by atomic mass is 35.5. The number of hydrogen-bond acceptors (Lipinski definition) is 4. The lowest BCUT2D eigenvalue weighted by atomic mass is 10.2. The summed E-state index contributed by atoms with van der Waals surface area (Å²) in [5.74, 6) is 0.284. The molecule has 1 heterocycles. The van der Waals surface area contributed by atoms with Gasteiger partial charge in [-0.2, -0.15) is 0 Å². The lowest BCUT2D eigenvalue weighted by Gasteiger charge is -2.09. The number of carbonyl (C=O) groups excluding carboxylic acids is 1. The summed E-state index contributed by atoms with van der Waals surface area (Å²) >= 11 is 6.08. The summed E-state index contributed by atoms with van der Waals surface area (Å²) in [4.78, 5) is 20.6. The van der Waals surface area contributed by atoms with Gasteiger partial charge in [-0.3, -0.25) is 4.79 Å². The van der Waals surface area contributed by atoms with Gasteiger partial charge in [0.05, 0.1) is 12.4 Å². The van der Waals surface area contributed by atoms with Crippen LogP contribution in [-0.2, 0) is 6.54 Å². The van der Waals surface area contributed by atoms with Gasteiger partial charge in [0.25, 0.3) is 5.91 Å². The van der Waals surface area contributed by atoms with Crippen molar-refractivity contribution in [1.29, 1.82) is 0 Å². The van der Waals surface area contributed by atoms with Gasteiger partial charge < -0.3 is 10.6 Å². The average Bonchev–Trinajstić information content (AvgIpc) is 2.63. The van der Waals surface area contributed by atoms with E-state index in [1.807, 2.05) is 49.4 Å². The molecule has 0 aliphatic carbocycles. The van der Waals surface area contributed by atoms with E-state index >= 15 is 0 Å². The molecule has 0 unspecified atom stereocenters. The first-order chi connectivity index (χ1) is 12.1. The van der Waals surface area contributed by atoms with Crippen molar-refractivity contribution in [3.05, 3.63) is 82.8 Å². The summed E-state index contributed by atoms with van der Waals surface area (Å²) in [7, 11) is 0. The Morgan fingerprint density at radius 2 is 1.80 bits per heavy atom. The Hall–Kier alpha value is -2.92. The number of para-hydroxylation sites is 1. The number of anilines is 2. The van der Waals surface area contributed by atoms with Gasteiger partial charge in [0.15, 0.2) is 0 Å². The number of carbonyl (C=O) groups is 1. The number of benzene rings is 2. The fourth-order valence-corrected chi connectivity index (χ4v) is 2.47. The summed E-state index contributed by atoms with van der Waals surface area (Å²) in [6.07, 6.45) is 2.99. The summed E-state index contributed by atoms with van der Waals surface area (Å²) in [5.41, 5.74) is 3.16. The number of aromatic nitrogens is 2. The zero-order valence-corrected chi connectivity index (χ0v) is 14.4. The Morgan fingerprint density at radius 1 is 1.04 bits per heavy atom. The highest BCUT2D eigenvalue weighted by molar-refractivity contribution is 6.31. The highest BCUT2D eigenvalue weighted by Crippen LogP contribution is 2.18. The van der Waals surface area contributed by atoms with Gasteiger partial charge in [-0.05, 0) is 30.2 Å². The van der Waals surface area contributed by atoms with Crippen molar-refractivity contribution in [3.63, 3.8) is 0 Å². The maximum absolute atomic E-state index is 12.2. The lowest BCUT2D eigenvalue weighted by Crippen LogP contribution is -2.24. The maximum atomic E-state index is 12.2. The molecule has 6 heteroatoms. The minimum Gasteiger partial charge on any atom is -0.347 e. The number of nitrogens with one attached hydrogen (secondary N) is 2. The first-order valence-electron chi connectivity index (χ1n) is 7.80. The monoisotopic (exact) mass is 352 g/mol. The van der Waals surface area contributed by atoms with Crippen LogP contribution >= 0.6 is 11.6 Å². The Morgan fingerprint density at radius 3 is 2.52 bits per heavy atom. The molecule has 3 rings (SSSR count). The quantitative estimate of drug-likeness (QED) is 0.725. The molecule has 25 heavy (non-hydrogen) atoms. The Kier molecular flexibility index (Phi) is 5.26. The van der Waals surface area contributed by atoms with E-state index in [-0.39, 0.29) is 11.6 Å². The van der Waals surface area contributed by atoms with Gasteiger partial charge in [-0.15, -0.1) is 0 Å². The summed E-state index contributed by atoms with van der Waals surface area (Å²) in [6, 6.07) is 15.3. The topological polar surface area (TPSA) is 66.9 Å². The zero-order valence-electron chi connectivity index (χ0n) is 13.7. The van der Waals surface area contributed by atoms with Gasteiger partial charge in [0.2, 0.25) is 0 Å². The molecular formula is C19H17ClN4O. The molecule has 0 bridgehead atoms. The van der Waals surface area contributed by atoms with Crippen molar-refractivity contribution < 1.29 is 4.79 Å². The number of nitrogens with zero attached hydrogens (tertiary/aromatic N) is 2. The third kappa shape index (κ3) is 4.33. The van der Waals surface area contributed by atoms with Crippen LogP contribution in [0.3, 0.4) is 0 Å². The third-order valence-electron chi connectivity index (χ3n) is 3.69. The standard InChI is InChI=1S/C19H17ClN4O/c1-13-6-2-5-9-16(13)24-18-12-21-17(11-22-18)19(25)23-10-14-7-3-4-8-15(14)20/h2-9,11-12H,10H2,1H3,(H,22,24)(H,23,25). The molecule has 0 fully saturated rings.